The van der Waals surface area contributed by atoms with Gasteiger partial charge in [0.1, 0.15) is 12.4 Å². The summed E-state index contributed by atoms with van der Waals surface area (Å²) in [6.07, 6.45) is 0. The van der Waals surface area contributed by atoms with Gasteiger partial charge in [0.05, 0.1) is 12.5 Å². The molecule has 0 unspecified atom stereocenters. The van der Waals surface area contributed by atoms with Gasteiger partial charge in [-0.2, -0.15) is 0 Å². The molecule has 1 aromatic heterocycles. The van der Waals surface area contributed by atoms with Crippen LogP contribution in [0.5, 0.6) is 11.5 Å². The Morgan fingerprint density at radius 3 is 2.58 bits per heavy atom. The fourth-order valence-corrected chi connectivity index (χ4v) is 2.31. The summed E-state index contributed by atoms with van der Waals surface area (Å²) in [7, 11) is 1.12. The first-order valence-electron chi connectivity index (χ1n) is 7.15. The third-order valence-corrected chi connectivity index (χ3v) is 3.50. The van der Waals surface area contributed by atoms with Crippen molar-refractivity contribution in [3.63, 3.8) is 0 Å². The molecular weight excluding hydrogens is 312 g/mol. The Balaban J connectivity index is 2.04. The van der Waals surface area contributed by atoms with E-state index in [9.17, 15) is 14.7 Å². The Labute approximate surface area is 136 Å². The number of carbonyl (C=O) groups excluding carboxylic acids is 1. The van der Waals surface area contributed by atoms with E-state index in [0.717, 1.165) is 12.7 Å². The molecule has 3 rings (SSSR count). The summed E-state index contributed by atoms with van der Waals surface area (Å²) in [5.74, 6) is -1.16. The Kier molecular flexibility index (Phi) is 4.20. The quantitative estimate of drug-likeness (QED) is 0.586. The minimum atomic E-state index is -0.984. The fraction of sp³-hybridized carbons (Fsp3) is 0.111. The Hall–Kier alpha value is -3.28. The van der Waals surface area contributed by atoms with Crippen molar-refractivity contribution < 1.29 is 23.8 Å². The number of esters is 1. The summed E-state index contributed by atoms with van der Waals surface area (Å²) in [5, 5.41) is 10.4. The smallest absolute Gasteiger partial charge is 0.355 e. The Morgan fingerprint density at radius 2 is 1.88 bits per heavy atom. The van der Waals surface area contributed by atoms with Crippen molar-refractivity contribution in [2.24, 2.45) is 0 Å². The zero-order chi connectivity index (χ0) is 17.1. The topological polar surface area (TPSA) is 86.0 Å². The Morgan fingerprint density at radius 1 is 1.12 bits per heavy atom. The molecule has 0 spiro atoms. The number of aromatic hydroxyl groups is 1. The Bertz CT molecular complexity index is 943. The van der Waals surface area contributed by atoms with E-state index in [0.29, 0.717) is 5.75 Å². The van der Waals surface area contributed by atoms with Gasteiger partial charge < -0.3 is 19.0 Å². The van der Waals surface area contributed by atoms with Crippen molar-refractivity contribution in [1.29, 1.82) is 0 Å². The molecule has 0 amide bonds. The van der Waals surface area contributed by atoms with E-state index in [1.54, 1.807) is 12.1 Å². The standard InChI is InChI=1S/C18H14O6/c1-22-17(20)14-15(19)12-8-5-9-13(16(12)24-18(14)21)23-10-11-6-3-2-4-7-11/h2-9,19H,10H2,1H3. The first-order chi connectivity index (χ1) is 11.6. The second-order valence-corrected chi connectivity index (χ2v) is 5.01. The summed E-state index contributed by atoms with van der Waals surface area (Å²) in [6, 6.07) is 14.2. The third kappa shape index (κ3) is 2.81. The highest BCUT2D eigenvalue weighted by Crippen LogP contribution is 2.32. The molecule has 0 atom stereocenters. The van der Waals surface area contributed by atoms with Crippen LogP contribution >= 0.6 is 0 Å². The molecule has 1 heterocycles. The lowest BCUT2D eigenvalue weighted by Crippen LogP contribution is -2.15. The number of ether oxygens (including phenoxy) is 2. The summed E-state index contributed by atoms with van der Waals surface area (Å²) in [4.78, 5) is 23.6. The van der Waals surface area contributed by atoms with Crippen molar-refractivity contribution in [1.82, 2.24) is 0 Å². The predicted molar refractivity (Wildman–Crippen MR) is 86.3 cm³/mol. The van der Waals surface area contributed by atoms with Crippen molar-refractivity contribution >= 4 is 16.9 Å². The van der Waals surface area contributed by atoms with Crippen LogP contribution in [0.25, 0.3) is 11.0 Å². The molecule has 122 valence electrons. The highest BCUT2D eigenvalue weighted by molar-refractivity contribution is 5.99. The van der Waals surface area contributed by atoms with Crippen LogP contribution in [-0.4, -0.2) is 18.2 Å². The van der Waals surface area contributed by atoms with Gasteiger partial charge in [-0.25, -0.2) is 9.59 Å². The number of hydrogen-bond donors (Lipinski definition) is 1. The van der Waals surface area contributed by atoms with E-state index in [2.05, 4.69) is 4.74 Å². The van der Waals surface area contributed by atoms with Crippen molar-refractivity contribution in [3.05, 3.63) is 70.1 Å². The summed E-state index contributed by atoms with van der Waals surface area (Å²) < 4.78 is 15.3. The first-order valence-corrected chi connectivity index (χ1v) is 7.15. The van der Waals surface area contributed by atoms with Gasteiger partial charge in [-0.05, 0) is 17.7 Å². The zero-order valence-corrected chi connectivity index (χ0v) is 12.8. The van der Waals surface area contributed by atoms with E-state index in [4.69, 9.17) is 9.15 Å². The van der Waals surface area contributed by atoms with Crippen LogP contribution in [0.1, 0.15) is 15.9 Å². The zero-order valence-electron chi connectivity index (χ0n) is 12.8. The lowest BCUT2D eigenvalue weighted by atomic mass is 10.1. The number of rotatable bonds is 4. The maximum atomic E-state index is 12.0. The molecule has 2 aromatic carbocycles. The lowest BCUT2D eigenvalue weighted by molar-refractivity contribution is 0.0592. The van der Waals surface area contributed by atoms with Crippen molar-refractivity contribution in [2.45, 2.75) is 6.61 Å². The molecule has 6 nitrogen and oxygen atoms in total. The van der Waals surface area contributed by atoms with E-state index >= 15 is 0 Å². The number of methoxy groups -OCH3 is 1. The van der Waals surface area contributed by atoms with Gasteiger partial charge in [0.15, 0.2) is 16.9 Å². The third-order valence-electron chi connectivity index (χ3n) is 3.50. The summed E-state index contributed by atoms with van der Waals surface area (Å²) in [6.45, 7) is 0.267. The van der Waals surface area contributed by atoms with Gasteiger partial charge in [0.25, 0.3) is 0 Å². The van der Waals surface area contributed by atoms with Crippen LogP contribution in [0.15, 0.2) is 57.7 Å². The van der Waals surface area contributed by atoms with Gasteiger partial charge in [-0.3, -0.25) is 0 Å². The van der Waals surface area contributed by atoms with Crippen LogP contribution in [0.2, 0.25) is 0 Å². The molecule has 24 heavy (non-hydrogen) atoms. The number of hydrogen-bond acceptors (Lipinski definition) is 6. The maximum Gasteiger partial charge on any atom is 0.355 e. The van der Waals surface area contributed by atoms with Crippen molar-refractivity contribution in [2.75, 3.05) is 7.11 Å². The monoisotopic (exact) mass is 326 g/mol. The van der Waals surface area contributed by atoms with Crippen LogP contribution < -0.4 is 10.4 Å². The number of carbonyl (C=O) groups is 1. The van der Waals surface area contributed by atoms with Crippen LogP contribution in [0, 0.1) is 0 Å². The normalized spacial score (nSPS) is 10.5. The van der Waals surface area contributed by atoms with E-state index in [1.807, 2.05) is 30.3 Å². The fourth-order valence-electron chi connectivity index (χ4n) is 2.31. The second kappa shape index (κ2) is 6.45. The molecule has 3 aromatic rings. The van der Waals surface area contributed by atoms with Gasteiger partial charge in [0, 0.05) is 0 Å². The molecule has 1 N–H and O–H groups in total. The van der Waals surface area contributed by atoms with Crippen molar-refractivity contribution in [3.8, 4) is 11.5 Å². The molecule has 0 saturated carbocycles. The predicted octanol–water partition coefficient (Wildman–Crippen LogP) is 2.86. The minimum Gasteiger partial charge on any atom is -0.506 e. The molecule has 0 aliphatic rings. The highest BCUT2D eigenvalue weighted by Gasteiger charge is 2.23. The van der Waals surface area contributed by atoms with Gasteiger partial charge in [-0.15, -0.1) is 0 Å². The highest BCUT2D eigenvalue weighted by atomic mass is 16.5. The van der Waals surface area contributed by atoms with Crippen LogP contribution in [0.4, 0.5) is 0 Å². The largest absolute Gasteiger partial charge is 0.506 e. The van der Waals surface area contributed by atoms with E-state index in [-0.39, 0.29) is 17.6 Å². The van der Waals surface area contributed by atoms with Gasteiger partial charge >= 0.3 is 11.6 Å². The maximum absolute atomic E-state index is 12.0. The average molecular weight is 326 g/mol. The number of fused-ring (bicyclic) bond motifs is 1. The molecule has 0 radical (unpaired) electrons. The molecular formula is C18H14O6. The minimum absolute atomic E-state index is 0.0728. The van der Waals surface area contributed by atoms with Crippen LogP contribution in [0.3, 0.4) is 0 Å². The van der Waals surface area contributed by atoms with Gasteiger partial charge in [-0.1, -0.05) is 36.4 Å². The first kappa shape index (κ1) is 15.6. The van der Waals surface area contributed by atoms with E-state index < -0.39 is 22.9 Å². The van der Waals surface area contributed by atoms with Gasteiger partial charge in [0.2, 0.25) is 0 Å². The lowest BCUT2D eigenvalue weighted by Gasteiger charge is -2.10. The van der Waals surface area contributed by atoms with Crippen LogP contribution in [-0.2, 0) is 11.3 Å². The SMILES string of the molecule is COC(=O)c1c(O)c2cccc(OCc3ccccc3)c2oc1=O. The summed E-state index contributed by atoms with van der Waals surface area (Å²) >= 11 is 0. The number of para-hydroxylation sites is 1. The molecule has 0 aliphatic heterocycles. The second-order valence-electron chi connectivity index (χ2n) is 5.01. The molecule has 0 fully saturated rings. The average Bonchev–Trinajstić information content (AvgIpc) is 2.60. The molecule has 0 bridgehead atoms. The molecule has 0 aliphatic carbocycles. The number of benzene rings is 2. The summed E-state index contributed by atoms with van der Waals surface area (Å²) in [5.41, 5.74) is -0.511. The molecule has 6 heteroatoms. The molecule has 0 saturated heterocycles. The van der Waals surface area contributed by atoms with E-state index in [1.165, 1.54) is 6.07 Å².